The van der Waals surface area contributed by atoms with E-state index < -0.39 is 25.1 Å². The van der Waals surface area contributed by atoms with E-state index in [0.717, 1.165) is 0 Å². The molecule has 0 aliphatic carbocycles. The van der Waals surface area contributed by atoms with Crippen LogP contribution in [0, 0.1) is 5.92 Å². The van der Waals surface area contributed by atoms with Crippen LogP contribution in [0.4, 0.5) is 0 Å². The molecule has 1 aliphatic rings. The molecule has 118 valence electrons. The van der Waals surface area contributed by atoms with Crippen molar-refractivity contribution in [3.05, 3.63) is 24.3 Å². The maximum absolute atomic E-state index is 12.2. The van der Waals surface area contributed by atoms with E-state index in [0.29, 0.717) is 17.8 Å². The summed E-state index contributed by atoms with van der Waals surface area (Å²) >= 11 is 0. The Kier molecular flexibility index (Phi) is 5.45. The number of nitrogens with one attached hydrogen (secondary N) is 1. The Morgan fingerprint density at radius 3 is 2.86 bits per heavy atom. The van der Waals surface area contributed by atoms with Crippen LogP contribution in [0.2, 0.25) is 0 Å². The highest BCUT2D eigenvalue weighted by Crippen LogP contribution is 2.15. The Balaban J connectivity index is 1.92. The van der Waals surface area contributed by atoms with Crippen LogP contribution in [-0.4, -0.2) is 50.8 Å². The molecule has 2 atom stereocenters. The second-order valence-electron chi connectivity index (χ2n) is 5.59. The molecule has 2 heterocycles. The molecule has 22 heavy (non-hydrogen) atoms. The predicted octanol–water partition coefficient (Wildman–Crippen LogP) is -0.488. The summed E-state index contributed by atoms with van der Waals surface area (Å²) in [5, 5.41) is 25.1. The van der Waals surface area contributed by atoms with Crippen molar-refractivity contribution in [3.63, 3.8) is 0 Å². The first kappa shape index (κ1) is 16.4. The van der Waals surface area contributed by atoms with E-state index in [4.69, 9.17) is 4.84 Å². The lowest BCUT2D eigenvalue weighted by Crippen LogP contribution is -2.50. The average Bonchev–Trinajstić information content (AvgIpc) is 2.96. The first-order valence-electron chi connectivity index (χ1n) is 7.13. The maximum atomic E-state index is 12.2. The summed E-state index contributed by atoms with van der Waals surface area (Å²) in [6.45, 7) is 3.87. The van der Waals surface area contributed by atoms with E-state index in [1.54, 1.807) is 12.4 Å². The zero-order valence-corrected chi connectivity index (χ0v) is 12.5. The van der Waals surface area contributed by atoms with Gasteiger partial charge < -0.3 is 20.2 Å². The minimum atomic E-state index is -1.62. The summed E-state index contributed by atoms with van der Waals surface area (Å²) in [7, 11) is -1.62. The number of rotatable bonds is 6. The standard InChI is InChI=1S/C13H19BN4O4/c1-8(2)5-12(14(20)21)17-13(19)11-6-9(18-22-11)10-7-15-3-4-16-10/h3-4,7-8,11-12,20-21H,5-6H2,1-2H3,(H,17,19). The minimum absolute atomic E-state index is 0.211. The van der Waals surface area contributed by atoms with Gasteiger partial charge in [0.2, 0.25) is 6.10 Å². The second-order valence-corrected chi connectivity index (χ2v) is 5.59. The summed E-state index contributed by atoms with van der Waals surface area (Å²) in [6.07, 6.45) is 4.54. The largest absolute Gasteiger partial charge is 0.475 e. The van der Waals surface area contributed by atoms with Crippen molar-refractivity contribution in [2.45, 2.75) is 38.7 Å². The molecule has 0 saturated carbocycles. The fourth-order valence-electron chi connectivity index (χ4n) is 2.16. The van der Waals surface area contributed by atoms with Crippen molar-refractivity contribution >= 4 is 18.7 Å². The predicted molar refractivity (Wildman–Crippen MR) is 79.6 cm³/mol. The van der Waals surface area contributed by atoms with E-state index in [2.05, 4.69) is 20.4 Å². The molecule has 1 aromatic rings. The Bertz CT molecular complexity index is 538. The summed E-state index contributed by atoms with van der Waals surface area (Å²) in [5.41, 5.74) is 1.09. The summed E-state index contributed by atoms with van der Waals surface area (Å²) in [4.78, 5) is 25.3. The number of aromatic nitrogens is 2. The van der Waals surface area contributed by atoms with Crippen molar-refractivity contribution in [2.24, 2.45) is 11.1 Å². The van der Waals surface area contributed by atoms with Gasteiger partial charge in [0.15, 0.2) is 0 Å². The Hall–Kier alpha value is -2.00. The maximum Gasteiger partial charge on any atom is 0.475 e. The molecule has 1 aliphatic heterocycles. The average molecular weight is 306 g/mol. The smallest absolute Gasteiger partial charge is 0.426 e. The first-order chi connectivity index (χ1) is 10.5. The topological polar surface area (TPSA) is 117 Å². The normalized spacial score (nSPS) is 18.6. The number of carbonyl (C=O) groups is 1. The van der Waals surface area contributed by atoms with Crippen LogP contribution in [0.25, 0.3) is 0 Å². The molecule has 0 aromatic carbocycles. The van der Waals surface area contributed by atoms with E-state index in [1.165, 1.54) is 6.20 Å². The van der Waals surface area contributed by atoms with Gasteiger partial charge in [-0.25, -0.2) is 0 Å². The fourth-order valence-corrected chi connectivity index (χ4v) is 2.16. The number of carbonyl (C=O) groups excluding carboxylic acids is 1. The van der Waals surface area contributed by atoms with Crippen LogP contribution < -0.4 is 5.32 Å². The highest BCUT2D eigenvalue weighted by Gasteiger charge is 2.33. The van der Waals surface area contributed by atoms with Gasteiger partial charge >= 0.3 is 7.12 Å². The van der Waals surface area contributed by atoms with Crippen LogP contribution in [0.3, 0.4) is 0 Å². The van der Waals surface area contributed by atoms with Crippen LogP contribution >= 0.6 is 0 Å². The molecule has 0 fully saturated rings. The van der Waals surface area contributed by atoms with Crippen molar-refractivity contribution in [1.82, 2.24) is 15.3 Å². The Labute approximate surface area is 128 Å². The first-order valence-corrected chi connectivity index (χ1v) is 7.13. The molecule has 8 nitrogen and oxygen atoms in total. The Morgan fingerprint density at radius 1 is 1.50 bits per heavy atom. The number of oxime groups is 1. The summed E-state index contributed by atoms with van der Waals surface area (Å²) in [5.74, 6) is -0.957. The molecular weight excluding hydrogens is 287 g/mol. The number of hydrogen-bond donors (Lipinski definition) is 3. The zero-order chi connectivity index (χ0) is 16.1. The molecule has 0 bridgehead atoms. The van der Waals surface area contributed by atoms with Gasteiger partial charge in [-0.05, 0) is 12.3 Å². The zero-order valence-electron chi connectivity index (χ0n) is 12.5. The molecular formula is C13H19BN4O4. The van der Waals surface area contributed by atoms with Crippen molar-refractivity contribution < 1.29 is 19.7 Å². The molecule has 2 rings (SSSR count). The number of hydrogen-bond acceptors (Lipinski definition) is 7. The summed E-state index contributed by atoms with van der Waals surface area (Å²) < 4.78 is 0. The highest BCUT2D eigenvalue weighted by molar-refractivity contribution is 6.43. The lowest BCUT2D eigenvalue weighted by molar-refractivity contribution is -0.131. The molecule has 1 aromatic heterocycles. The SMILES string of the molecule is CC(C)CC(NC(=O)C1CC(c2cnccn2)=NO1)B(O)O. The molecule has 1 amide bonds. The lowest BCUT2D eigenvalue weighted by Gasteiger charge is -2.20. The van der Waals surface area contributed by atoms with E-state index >= 15 is 0 Å². The third kappa shape index (κ3) is 4.25. The highest BCUT2D eigenvalue weighted by atomic mass is 16.6. The van der Waals surface area contributed by atoms with Gasteiger partial charge in [-0.15, -0.1) is 0 Å². The molecule has 2 unspecified atom stereocenters. The monoisotopic (exact) mass is 306 g/mol. The lowest BCUT2D eigenvalue weighted by atomic mass is 9.75. The third-order valence-corrected chi connectivity index (χ3v) is 3.23. The van der Waals surface area contributed by atoms with Crippen LogP contribution in [0.1, 0.15) is 32.4 Å². The van der Waals surface area contributed by atoms with Crippen molar-refractivity contribution in [1.29, 1.82) is 0 Å². The molecule has 0 radical (unpaired) electrons. The summed E-state index contributed by atoms with van der Waals surface area (Å²) in [6, 6.07) is 0. The van der Waals surface area contributed by atoms with E-state index in [-0.39, 0.29) is 12.3 Å². The van der Waals surface area contributed by atoms with Gasteiger partial charge in [-0.3, -0.25) is 14.8 Å². The van der Waals surface area contributed by atoms with Crippen LogP contribution in [-0.2, 0) is 9.63 Å². The fraction of sp³-hybridized carbons (Fsp3) is 0.538. The van der Waals surface area contributed by atoms with Crippen molar-refractivity contribution in [3.8, 4) is 0 Å². The molecule has 9 heteroatoms. The quantitative estimate of drug-likeness (QED) is 0.611. The number of amides is 1. The third-order valence-electron chi connectivity index (χ3n) is 3.23. The molecule has 0 spiro atoms. The van der Waals surface area contributed by atoms with Gasteiger partial charge in [0, 0.05) is 18.8 Å². The molecule has 3 N–H and O–H groups in total. The van der Waals surface area contributed by atoms with Crippen LogP contribution in [0.15, 0.2) is 23.7 Å². The van der Waals surface area contributed by atoms with E-state index in [1.807, 2.05) is 13.8 Å². The van der Waals surface area contributed by atoms with Crippen LogP contribution in [0.5, 0.6) is 0 Å². The van der Waals surface area contributed by atoms with Crippen molar-refractivity contribution in [2.75, 3.05) is 0 Å². The van der Waals surface area contributed by atoms with Gasteiger partial charge in [-0.1, -0.05) is 19.0 Å². The molecule has 0 saturated heterocycles. The Morgan fingerprint density at radius 2 is 2.27 bits per heavy atom. The number of nitrogens with zero attached hydrogens (tertiary/aromatic N) is 3. The minimum Gasteiger partial charge on any atom is -0.426 e. The van der Waals surface area contributed by atoms with E-state index in [9.17, 15) is 14.8 Å². The van der Waals surface area contributed by atoms with Gasteiger partial charge in [0.1, 0.15) is 11.4 Å². The second kappa shape index (κ2) is 7.32. The van der Waals surface area contributed by atoms with Gasteiger partial charge in [0.25, 0.3) is 5.91 Å². The van der Waals surface area contributed by atoms with Gasteiger partial charge in [0.05, 0.1) is 12.1 Å². The van der Waals surface area contributed by atoms with Gasteiger partial charge in [-0.2, -0.15) is 0 Å².